The third-order valence-corrected chi connectivity index (χ3v) is 4.80. The monoisotopic (exact) mass is 373 g/mol. The van der Waals surface area contributed by atoms with Gasteiger partial charge in [-0.2, -0.15) is 0 Å². The molecule has 6 heteroatoms. The number of nitrogens with zero attached hydrogens (tertiary/aromatic N) is 2. The number of amides is 1. The number of benzene rings is 2. The Morgan fingerprint density at radius 1 is 1.12 bits per heavy atom. The second-order valence-electron chi connectivity index (χ2n) is 6.34. The normalized spacial score (nSPS) is 14.9. The number of carbonyl (C=O) groups is 1. The SMILES string of the molecule is COc1ccc(Cl)cc1NCC(=O)N1CCN(Cc2ccccc2)CC1. The van der Waals surface area contributed by atoms with E-state index in [9.17, 15) is 4.79 Å². The maximum atomic E-state index is 12.5. The standard InChI is InChI=1S/C20H24ClN3O2/c1-26-19-8-7-17(21)13-18(19)22-14-20(25)24-11-9-23(10-12-24)15-16-5-3-2-4-6-16/h2-8,13,22H,9-12,14-15H2,1H3. The summed E-state index contributed by atoms with van der Waals surface area (Å²) in [5.74, 6) is 0.765. The van der Waals surface area contributed by atoms with E-state index in [4.69, 9.17) is 16.3 Å². The zero-order valence-electron chi connectivity index (χ0n) is 15.0. The van der Waals surface area contributed by atoms with E-state index in [-0.39, 0.29) is 12.5 Å². The summed E-state index contributed by atoms with van der Waals surface area (Å²) in [6, 6.07) is 15.7. The van der Waals surface area contributed by atoms with Crippen LogP contribution in [0.4, 0.5) is 5.69 Å². The van der Waals surface area contributed by atoms with E-state index in [0.717, 1.165) is 38.4 Å². The number of ether oxygens (including phenoxy) is 1. The van der Waals surface area contributed by atoms with Crippen LogP contribution in [-0.4, -0.2) is 55.5 Å². The molecular formula is C20H24ClN3O2. The molecule has 5 nitrogen and oxygen atoms in total. The van der Waals surface area contributed by atoms with Crippen molar-refractivity contribution in [3.63, 3.8) is 0 Å². The van der Waals surface area contributed by atoms with E-state index < -0.39 is 0 Å². The van der Waals surface area contributed by atoms with Crippen molar-refractivity contribution in [3.8, 4) is 5.75 Å². The van der Waals surface area contributed by atoms with Crippen LogP contribution in [0.2, 0.25) is 5.02 Å². The minimum Gasteiger partial charge on any atom is -0.495 e. The number of methoxy groups -OCH3 is 1. The number of carbonyl (C=O) groups excluding carboxylic acids is 1. The predicted molar refractivity (Wildman–Crippen MR) is 105 cm³/mol. The molecule has 3 rings (SSSR count). The van der Waals surface area contributed by atoms with E-state index in [1.165, 1.54) is 5.56 Å². The van der Waals surface area contributed by atoms with Gasteiger partial charge in [0.25, 0.3) is 0 Å². The minimum absolute atomic E-state index is 0.0892. The molecule has 1 amide bonds. The summed E-state index contributed by atoms with van der Waals surface area (Å²) in [6.45, 7) is 4.44. The molecular weight excluding hydrogens is 350 g/mol. The fourth-order valence-corrected chi connectivity index (χ4v) is 3.27. The van der Waals surface area contributed by atoms with Gasteiger partial charge in [-0.05, 0) is 23.8 Å². The number of hydrogen-bond donors (Lipinski definition) is 1. The highest BCUT2D eigenvalue weighted by Crippen LogP contribution is 2.27. The van der Waals surface area contributed by atoms with Gasteiger partial charge in [0.1, 0.15) is 5.75 Å². The second-order valence-corrected chi connectivity index (χ2v) is 6.78. The third kappa shape index (κ3) is 4.90. The molecule has 0 atom stereocenters. The number of rotatable bonds is 6. The minimum atomic E-state index is 0.0892. The van der Waals surface area contributed by atoms with Gasteiger partial charge in [-0.1, -0.05) is 41.9 Å². The molecule has 26 heavy (non-hydrogen) atoms. The summed E-state index contributed by atoms with van der Waals surface area (Å²) in [7, 11) is 1.60. The van der Waals surface area contributed by atoms with Gasteiger partial charge in [-0.25, -0.2) is 0 Å². The van der Waals surface area contributed by atoms with Gasteiger partial charge in [0.05, 0.1) is 19.3 Å². The molecule has 0 saturated carbocycles. The van der Waals surface area contributed by atoms with E-state index in [2.05, 4.69) is 34.5 Å². The summed E-state index contributed by atoms with van der Waals surface area (Å²) in [5, 5.41) is 3.75. The average Bonchev–Trinajstić information content (AvgIpc) is 2.67. The van der Waals surface area contributed by atoms with Crippen molar-refractivity contribution >= 4 is 23.2 Å². The van der Waals surface area contributed by atoms with Crippen molar-refractivity contribution in [3.05, 3.63) is 59.1 Å². The van der Waals surface area contributed by atoms with Crippen LogP contribution in [0.15, 0.2) is 48.5 Å². The van der Waals surface area contributed by atoms with Gasteiger partial charge in [0.15, 0.2) is 0 Å². The van der Waals surface area contributed by atoms with Crippen LogP contribution in [0.1, 0.15) is 5.56 Å². The van der Waals surface area contributed by atoms with Gasteiger partial charge >= 0.3 is 0 Å². The fourth-order valence-electron chi connectivity index (χ4n) is 3.10. The van der Waals surface area contributed by atoms with Gasteiger partial charge in [0, 0.05) is 37.7 Å². The Balaban J connectivity index is 1.47. The van der Waals surface area contributed by atoms with Crippen molar-refractivity contribution in [2.24, 2.45) is 0 Å². The zero-order valence-corrected chi connectivity index (χ0v) is 15.7. The summed E-state index contributed by atoms with van der Waals surface area (Å²) in [6.07, 6.45) is 0. The molecule has 1 aliphatic heterocycles. The van der Waals surface area contributed by atoms with Crippen LogP contribution in [0, 0.1) is 0 Å². The lowest BCUT2D eigenvalue weighted by atomic mass is 10.2. The van der Waals surface area contributed by atoms with E-state index >= 15 is 0 Å². The van der Waals surface area contributed by atoms with Crippen LogP contribution in [0.3, 0.4) is 0 Å². The summed E-state index contributed by atoms with van der Waals surface area (Å²) in [5.41, 5.74) is 2.04. The molecule has 0 unspecified atom stereocenters. The molecule has 1 N–H and O–H groups in total. The van der Waals surface area contributed by atoms with Crippen molar-refractivity contribution in [1.82, 2.24) is 9.80 Å². The Morgan fingerprint density at radius 2 is 1.85 bits per heavy atom. The van der Waals surface area contributed by atoms with Crippen LogP contribution >= 0.6 is 11.6 Å². The highest BCUT2D eigenvalue weighted by molar-refractivity contribution is 6.30. The van der Waals surface area contributed by atoms with Crippen molar-refractivity contribution in [2.45, 2.75) is 6.54 Å². The molecule has 0 aliphatic carbocycles. The highest BCUT2D eigenvalue weighted by atomic mass is 35.5. The Morgan fingerprint density at radius 3 is 2.54 bits per heavy atom. The number of anilines is 1. The molecule has 1 aliphatic rings. The number of piperazine rings is 1. The lowest BCUT2D eigenvalue weighted by Crippen LogP contribution is -2.49. The van der Waals surface area contributed by atoms with Crippen molar-refractivity contribution in [2.75, 3.05) is 45.2 Å². The Hall–Kier alpha value is -2.24. The Bertz CT molecular complexity index is 731. The molecule has 2 aromatic carbocycles. The smallest absolute Gasteiger partial charge is 0.241 e. The van der Waals surface area contributed by atoms with Crippen LogP contribution in [0.25, 0.3) is 0 Å². The van der Waals surface area contributed by atoms with Crippen molar-refractivity contribution < 1.29 is 9.53 Å². The molecule has 1 saturated heterocycles. The Labute approximate surface area is 159 Å². The first kappa shape index (κ1) is 18.5. The lowest BCUT2D eigenvalue weighted by Gasteiger charge is -2.35. The zero-order chi connectivity index (χ0) is 18.4. The summed E-state index contributed by atoms with van der Waals surface area (Å²) >= 11 is 6.02. The molecule has 0 aromatic heterocycles. The highest BCUT2D eigenvalue weighted by Gasteiger charge is 2.21. The second kappa shape index (κ2) is 8.92. The summed E-state index contributed by atoms with van der Waals surface area (Å²) in [4.78, 5) is 16.8. The average molecular weight is 374 g/mol. The lowest BCUT2D eigenvalue weighted by molar-refractivity contribution is -0.131. The van der Waals surface area contributed by atoms with Gasteiger partial charge in [0.2, 0.25) is 5.91 Å². The topological polar surface area (TPSA) is 44.8 Å². The predicted octanol–water partition coefficient (Wildman–Crippen LogP) is 3.10. The molecule has 138 valence electrons. The first-order valence-electron chi connectivity index (χ1n) is 8.77. The molecule has 0 spiro atoms. The van der Waals surface area contributed by atoms with Gasteiger partial charge in [-0.3, -0.25) is 9.69 Å². The van der Waals surface area contributed by atoms with Gasteiger partial charge < -0.3 is 15.0 Å². The largest absolute Gasteiger partial charge is 0.495 e. The maximum Gasteiger partial charge on any atom is 0.241 e. The number of nitrogens with one attached hydrogen (secondary N) is 1. The number of halogens is 1. The van der Waals surface area contributed by atoms with Crippen LogP contribution < -0.4 is 10.1 Å². The quantitative estimate of drug-likeness (QED) is 0.845. The molecule has 1 heterocycles. The fraction of sp³-hybridized carbons (Fsp3) is 0.350. The first-order valence-corrected chi connectivity index (χ1v) is 9.15. The van der Waals surface area contributed by atoms with Gasteiger partial charge in [-0.15, -0.1) is 0 Å². The number of hydrogen-bond acceptors (Lipinski definition) is 4. The molecule has 0 bridgehead atoms. The van der Waals surface area contributed by atoms with Crippen LogP contribution in [0.5, 0.6) is 5.75 Å². The van der Waals surface area contributed by atoms with E-state index in [1.54, 1.807) is 25.3 Å². The Kier molecular flexibility index (Phi) is 6.36. The van der Waals surface area contributed by atoms with E-state index in [0.29, 0.717) is 10.8 Å². The molecule has 1 fully saturated rings. The molecule has 0 radical (unpaired) electrons. The summed E-state index contributed by atoms with van der Waals surface area (Å²) < 4.78 is 5.30. The third-order valence-electron chi connectivity index (χ3n) is 4.57. The van der Waals surface area contributed by atoms with E-state index in [1.807, 2.05) is 11.0 Å². The van der Waals surface area contributed by atoms with Crippen LogP contribution in [-0.2, 0) is 11.3 Å². The first-order chi connectivity index (χ1) is 12.7. The van der Waals surface area contributed by atoms with Crippen molar-refractivity contribution in [1.29, 1.82) is 0 Å². The maximum absolute atomic E-state index is 12.5. The molecule has 2 aromatic rings.